The molecule has 0 fully saturated rings. The van der Waals surface area contributed by atoms with Gasteiger partial charge in [-0.25, -0.2) is 0 Å². The van der Waals surface area contributed by atoms with E-state index in [1.807, 2.05) is 0 Å². The zero-order valence-electron chi connectivity index (χ0n) is 7.81. The first kappa shape index (κ1) is 12.3. The van der Waals surface area contributed by atoms with Crippen LogP contribution in [0, 0.1) is 0 Å². The largest absolute Gasteiger partial charge is 0.417 e. The van der Waals surface area contributed by atoms with Gasteiger partial charge in [0, 0.05) is 11.9 Å². The van der Waals surface area contributed by atoms with E-state index in [9.17, 15) is 13.2 Å². The highest BCUT2D eigenvalue weighted by molar-refractivity contribution is 6.31. The van der Waals surface area contributed by atoms with Crippen LogP contribution in [0.5, 0.6) is 0 Å². The Balaban J connectivity index is 2.95. The highest BCUT2D eigenvalue weighted by Gasteiger charge is 2.33. The number of alkyl halides is 3. The second-order valence-corrected chi connectivity index (χ2v) is 3.45. The molecule has 1 aromatic heterocycles. The van der Waals surface area contributed by atoms with E-state index in [4.69, 9.17) is 17.3 Å². The molecule has 0 bridgehead atoms. The van der Waals surface area contributed by atoms with Gasteiger partial charge in [0.1, 0.15) is 0 Å². The zero-order valence-corrected chi connectivity index (χ0v) is 8.57. The Bertz CT molecular complexity index is 339. The first-order valence-corrected chi connectivity index (χ1v) is 4.74. The lowest BCUT2D eigenvalue weighted by Gasteiger charge is -2.09. The standard InChI is InChI=1S/C9H10ClF3N2/c10-8-5-15-6(2-1-3-14)4-7(8)9(11,12)13/h4-5H,1-3,14H2. The van der Waals surface area contributed by atoms with Crippen LogP contribution in [-0.2, 0) is 12.6 Å². The van der Waals surface area contributed by atoms with Crippen LogP contribution in [0.3, 0.4) is 0 Å². The molecule has 2 nitrogen and oxygen atoms in total. The molecule has 0 aromatic carbocycles. The van der Waals surface area contributed by atoms with Crippen LogP contribution in [0.4, 0.5) is 13.2 Å². The lowest BCUT2D eigenvalue weighted by Crippen LogP contribution is -2.08. The van der Waals surface area contributed by atoms with Crippen LogP contribution in [0.2, 0.25) is 5.02 Å². The Labute approximate surface area is 90.3 Å². The lowest BCUT2D eigenvalue weighted by molar-refractivity contribution is -0.137. The molecular formula is C9H10ClF3N2. The van der Waals surface area contributed by atoms with Crippen LogP contribution in [0.15, 0.2) is 12.3 Å². The molecule has 1 aromatic rings. The molecule has 0 saturated carbocycles. The number of hydrogen-bond acceptors (Lipinski definition) is 2. The van der Waals surface area contributed by atoms with E-state index in [0.717, 1.165) is 12.3 Å². The van der Waals surface area contributed by atoms with E-state index < -0.39 is 11.7 Å². The summed E-state index contributed by atoms with van der Waals surface area (Å²) in [5.41, 5.74) is 4.77. The Hall–Kier alpha value is -0.810. The van der Waals surface area contributed by atoms with Gasteiger partial charge in [0.05, 0.1) is 10.6 Å². The normalized spacial score (nSPS) is 11.8. The van der Waals surface area contributed by atoms with Crippen LogP contribution in [0.1, 0.15) is 17.7 Å². The monoisotopic (exact) mass is 238 g/mol. The molecule has 2 N–H and O–H groups in total. The summed E-state index contributed by atoms with van der Waals surface area (Å²) in [4.78, 5) is 3.80. The van der Waals surface area contributed by atoms with Crippen molar-refractivity contribution in [2.75, 3.05) is 6.54 Å². The van der Waals surface area contributed by atoms with Crippen LogP contribution >= 0.6 is 11.6 Å². The summed E-state index contributed by atoms with van der Waals surface area (Å²) < 4.78 is 37.2. The Morgan fingerprint density at radius 2 is 2.07 bits per heavy atom. The molecule has 0 unspecified atom stereocenters. The van der Waals surface area contributed by atoms with Gasteiger partial charge >= 0.3 is 6.18 Å². The van der Waals surface area contributed by atoms with Crippen LogP contribution < -0.4 is 5.73 Å². The van der Waals surface area contributed by atoms with Gasteiger partial charge in [0.2, 0.25) is 0 Å². The summed E-state index contributed by atoms with van der Waals surface area (Å²) in [6, 6.07) is 0.970. The van der Waals surface area contributed by atoms with Crippen molar-refractivity contribution in [1.29, 1.82) is 0 Å². The fourth-order valence-electron chi connectivity index (χ4n) is 1.12. The van der Waals surface area contributed by atoms with Crippen LogP contribution in [-0.4, -0.2) is 11.5 Å². The third kappa shape index (κ3) is 3.35. The van der Waals surface area contributed by atoms with Gasteiger partial charge in [-0.1, -0.05) is 11.6 Å². The minimum atomic E-state index is -4.43. The average Bonchev–Trinajstić information content (AvgIpc) is 2.15. The molecule has 0 atom stereocenters. The maximum atomic E-state index is 12.4. The molecule has 0 aliphatic heterocycles. The number of pyridine rings is 1. The molecule has 1 heterocycles. The highest BCUT2D eigenvalue weighted by Crippen LogP contribution is 2.34. The predicted molar refractivity (Wildman–Crippen MR) is 51.6 cm³/mol. The van der Waals surface area contributed by atoms with Gasteiger partial charge in [0.25, 0.3) is 0 Å². The van der Waals surface area contributed by atoms with Crippen molar-refractivity contribution in [2.24, 2.45) is 5.73 Å². The van der Waals surface area contributed by atoms with Crippen molar-refractivity contribution in [3.63, 3.8) is 0 Å². The van der Waals surface area contributed by atoms with E-state index >= 15 is 0 Å². The third-order valence-corrected chi connectivity index (χ3v) is 2.16. The molecule has 0 aliphatic carbocycles. The number of nitrogens with two attached hydrogens (primary N) is 1. The molecule has 0 amide bonds. The second-order valence-electron chi connectivity index (χ2n) is 3.05. The maximum absolute atomic E-state index is 12.4. The summed E-state index contributed by atoms with van der Waals surface area (Å²) in [6.07, 6.45) is -2.38. The smallest absolute Gasteiger partial charge is 0.330 e. The SMILES string of the molecule is NCCCc1cc(C(F)(F)F)c(Cl)cn1. The Morgan fingerprint density at radius 1 is 1.40 bits per heavy atom. The van der Waals surface area contributed by atoms with Gasteiger partial charge in [0.15, 0.2) is 0 Å². The van der Waals surface area contributed by atoms with Crippen molar-refractivity contribution < 1.29 is 13.2 Å². The first-order valence-electron chi connectivity index (χ1n) is 4.37. The molecule has 6 heteroatoms. The molecule has 1 rings (SSSR count). The van der Waals surface area contributed by atoms with E-state index in [1.165, 1.54) is 0 Å². The van der Waals surface area contributed by atoms with Gasteiger partial charge in [-0.05, 0) is 25.5 Å². The summed E-state index contributed by atoms with van der Waals surface area (Å²) in [5, 5.41) is -0.376. The van der Waals surface area contributed by atoms with Crippen molar-refractivity contribution in [3.8, 4) is 0 Å². The van der Waals surface area contributed by atoms with Gasteiger partial charge < -0.3 is 5.73 Å². The summed E-state index contributed by atoms with van der Waals surface area (Å²) >= 11 is 5.41. The summed E-state index contributed by atoms with van der Waals surface area (Å²) in [7, 11) is 0. The Kier molecular flexibility index (Phi) is 3.93. The van der Waals surface area contributed by atoms with E-state index in [1.54, 1.807) is 0 Å². The highest BCUT2D eigenvalue weighted by atomic mass is 35.5. The number of hydrogen-bond donors (Lipinski definition) is 1. The number of halogens is 4. The minimum Gasteiger partial charge on any atom is -0.330 e. The van der Waals surface area contributed by atoms with Crippen molar-refractivity contribution in [3.05, 3.63) is 28.5 Å². The molecule has 84 valence electrons. The number of rotatable bonds is 3. The van der Waals surface area contributed by atoms with E-state index in [0.29, 0.717) is 25.1 Å². The van der Waals surface area contributed by atoms with E-state index in [2.05, 4.69) is 4.98 Å². The Morgan fingerprint density at radius 3 is 2.60 bits per heavy atom. The van der Waals surface area contributed by atoms with Gasteiger partial charge in [-0.3, -0.25) is 4.98 Å². The molecule has 0 radical (unpaired) electrons. The topological polar surface area (TPSA) is 38.9 Å². The zero-order chi connectivity index (χ0) is 11.5. The van der Waals surface area contributed by atoms with Crippen molar-refractivity contribution in [1.82, 2.24) is 4.98 Å². The second kappa shape index (κ2) is 4.81. The molecular weight excluding hydrogens is 229 g/mol. The van der Waals surface area contributed by atoms with Crippen molar-refractivity contribution in [2.45, 2.75) is 19.0 Å². The summed E-state index contributed by atoms with van der Waals surface area (Å²) in [6.45, 7) is 0.422. The predicted octanol–water partition coefficient (Wildman–Crippen LogP) is 2.65. The minimum absolute atomic E-state index is 0.358. The van der Waals surface area contributed by atoms with Crippen LogP contribution in [0.25, 0.3) is 0 Å². The number of nitrogens with zero attached hydrogens (tertiary/aromatic N) is 1. The fraction of sp³-hybridized carbons (Fsp3) is 0.444. The summed E-state index contributed by atoms with van der Waals surface area (Å²) in [5.74, 6) is 0. The average molecular weight is 239 g/mol. The molecule has 15 heavy (non-hydrogen) atoms. The molecule has 0 saturated heterocycles. The maximum Gasteiger partial charge on any atom is 0.417 e. The number of aryl methyl sites for hydroxylation is 1. The molecule has 0 aliphatic rings. The van der Waals surface area contributed by atoms with Crippen molar-refractivity contribution >= 4 is 11.6 Å². The quantitative estimate of drug-likeness (QED) is 0.879. The third-order valence-electron chi connectivity index (χ3n) is 1.85. The van der Waals surface area contributed by atoms with E-state index in [-0.39, 0.29) is 5.02 Å². The van der Waals surface area contributed by atoms with Gasteiger partial charge in [-0.2, -0.15) is 13.2 Å². The molecule has 0 spiro atoms. The lowest BCUT2D eigenvalue weighted by atomic mass is 10.1. The fourth-order valence-corrected chi connectivity index (χ4v) is 1.33. The number of aromatic nitrogens is 1. The first-order chi connectivity index (χ1) is 6.95. The van der Waals surface area contributed by atoms with Gasteiger partial charge in [-0.15, -0.1) is 0 Å².